The van der Waals surface area contributed by atoms with Gasteiger partial charge in [-0.05, 0) is 44.2 Å². The predicted octanol–water partition coefficient (Wildman–Crippen LogP) is 2.24. The van der Waals surface area contributed by atoms with E-state index >= 15 is 0 Å². The van der Waals surface area contributed by atoms with Gasteiger partial charge in [0.05, 0.1) is 18.0 Å². The standard InChI is InChI=1S/C14H22N2O/c1-3-13-4-5-14(10-15-13)16-8-6-12(7-9-16)11(2)17/h4-5,10-12,17H,3,6-9H2,1-2H3/t11-/m0/s1. The summed E-state index contributed by atoms with van der Waals surface area (Å²) in [7, 11) is 0. The number of rotatable bonds is 3. The Labute approximate surface area is 103 Å². The van der Waals surface area contributed by atoms with Gasteiger partial charge in [-0.1, -0.05) is 6.92 Å². The van der Waals surface area contributed by atoms with E-state index in [1.807, 2.05) is 13.1 Å². The molecule has 0 unspecified atom stereocenters. The summed E-state index contributed by atoms with van der Waals surface area (Å²) < 4.78 is 0. The second-order valence-corrected chi connectivity index (χ2v) is 4.93. The van der Waals surface area contributed by atoms with Crippen LogP contribution in [0, 0.1) is 5.92 Å². The van der Waals surface area contributed by atoms with Crippen LogP contribution in [-0.2, 0) is 6.42 Å². The van der Waals surface area contributed by atoms with E-state index in [0.717, 1.165) is 38.0 Å². The van der Waals surface area contributed by atoms with Gasteiger partial charge in [0.25, 0.3) is 0 Å². The molecule has 94 valence electrons. The highest BCUT2D eigenvalue weighted by Gasteiger charge is 2.22. The van der Waals surface area contributed by atoms with E-state index in [1.165, 1.54) is 5.69 Å². The van der Waals surface area contributed by atoms with E-state index in [0.29, 0.717) is 5.92 Å². The van der Waals surface area contributed by atoms with E-state index in [1.54, 1.807) is 0 Å². The fourth-order valence-corrected chi connectivity index (χ4v) is 2.45. The van der Waals surface area contributed by atoms with Crippen molar-refractivity contribution in [3.63, 3.8) is 0 Å². The van der Waals surface area contributed by atoms with E-state index in [9.17, 15) is 5.11 Å². The molecule has 0 aromatic carbocycles. The maximum atomic E-state index is 9.57. The smallest absolute Gasteiger partial charge is 0.0552 e. The molecular formula is C14H22N2O. The van der Waals surface area contributed by atoms with Crippen molar-refractivity contribution in [3.05, 3.63) is 24.0 Å². The lowest BCUT2D eigenvalue weighted by atomic mass is 9.92. The maximum Gasteiger partial charge on any atom is 0.0552 e. The van der Waals surface area contributed by atoms with E-state index < -0.39 is 0 Å². The molecule has 1 aromatic rings. The number of aryl methyl sites for hydroxylation is 1. The summed E-state index contributed by atoms with van der Waals surface area (Å²) in [4.78, 5) is 6.80. The molecule has 1 saturated heterocycles. The summed E-state index contributed by atoms with van der Waals surface area (Å²) >= 11 is 0. The van der Waals surface area contributed by atoms with Crippen molar-refractivity contribution in [1.82, 2.24) is 4.98 Å². The third kappa shape index (κ3) is 2.97. The lowest BCUT2D eigenvalue weighted by Crippen LogP contribution is -2.37. The minimum atomic E-state index is -0.169. The van der Waals surface area contributed by atoms with Crippen LogP contribution in [0.25, 0.3) is 0 Å². The van der Waals surface area contributed by atoms with Crippen molar-refractivity contribution in [1.29, 1.82) is 0 Å². The van der Waals surface area contributed by atoms with E-state index in [2.05, 4.69) is 28.9 Å². The Morgan fingerprint density at radius 3 is 2.59 bits per heavy atom. The second kappa shape index (κ2) is 5.50. The van der Waals surface area contributed by atoms with Gasteiger partial charge in [0.1, 0.15) is 0 Å². The molecule has 3 nitrogen and oxygen atoms in total. The first-order valence-electron chi connectivity index (χ1n) is 6.58. The zero-order valence-electron chi connectivity index (χ0n) is 10.8. The normalized spacial score (nSPS) is 19.4. The van der Waals surface area contributed by atoms with Gasteiger partial charge in [-0.25, -0.2) is 0 Å². The topological polar surface area (TPSA) is 36.4 Å². The highest BCUT2D eigenvalue weighted by molar-refractivity contribution is 5.44. The van der Waals surface area contributed by atoms with Crippen LogP contribution < -0.4 is 4.90 Å². The summed E-state index contributed by atoms with van der Waals surface area (Å²) in [5, 5.41) is 9.57. The predicted molar refractivity (Wildman–Crippen MR) is 70.2 cm³/mol. The van der Waals surface area contributed by atoms with Crippen LogP contribution in [0.5, 0.6) is 0 Å². The summed E-state index contributed by atoms with van der Waals surface area (Å²) in [6.45, 7) is 6.08. The first kappa shape index (κ1) is 12.4. The Balaban J connectivity index is 1.95. The molecule has 1 atom stereocenters. The van der Waals surface area contributed by atoms with Crippen LogP contribution in [0.3, 0.4) is 0 Å². The molecule has 0 aliphatic carbocycles. The molecule has 1 fully saturated rings. The minimum Gasteiger partial charge on any atom is -0.393 e. The van der Waals surface area contributed by atoms with Gasteiger partial charge >= 0.3 is 0 Å². The Morgan fingerprint density at radius 2 is 2.12 bits per heavy atom. The van der Waals surface area contributed by atoms with Crippen molar-refractivity contribution in [2.45, 2.75) is 39.2 Å². The number of aliphatic hydroxyl groups is 1. The third-order valence-electron chi connectivity index (χ3n) is 3.76. The molecule has 1 aliphatic rings. The monoisotopic (exact) mass is 234 g/mol. The molecule has 0 amide bonds. The minimum absolute atomic E-state index is 0.169. The van der Waals surface area contributed by atoms with E-state index in [4.69, 9.17) is 0 Å². The van der Waals surface area contributed by atoms with Crippen LogP contribution in [0.2, 0.25) is 0 Å². The number of hydrogen-bond donors (Lipinski definition) is 1. The summed E-state index contributed by atoms with van der Waals surface area (Å²) in [6, 6.07) is 4.27. The molecule has 1 aliphatic heterocycles. The lowest BCUT2D eigenvalue weighted by molar-refractivity contribution is 0.110. The average molecular weight is 234 g/mol. The van der Waals surface area contributed by atoms with Gasteiger partial charge in [-0.2, -0.15) is 0 Å². The summed E-state index contributed by atoms with van der Waals surface area (Å²) in [5.41, 5.74) is 2.36. The van der Waals surface area contributed by atoms with Gasteiger partial charge in [0.15, 0.2) is 0 Å². The average Bonchev–Trinajstić information content (AvgIpc) is 2.39. The Bertz CT molecular complexity index is 340. The molecule has 0 radical (unpaired) electrons. The fraction of sp³-hybridized carbons (Fsp3) is 0.643. The van der Waals surface area contributed by atoms with Crippen molar-refractivity contribution in [3.8, 4) is 0 Å². The summed E-state index contributed by atoms with van der Waals surface area (Å²) in [5.74, 6) is 0.467. The lowest BCUT2D eigenvalue weighted by Gasteiger charge is -2.34. The Morgan fingerprint density at radius 1 is 1.41 bits per heavy atom. The van der Waals surface area contributed by atoms with E-state index in [-0.39, 0.29) is 6.10 Å². The molecule has 1 aromatic heterocycles. The highest BCUT2D eigenvalue weighted by Crippen LogP contribution is 2.24. The largest absolute Gasteiger partial charge is 0.393 e. The zero-order chi connectivity index (χ0) is 12.3. The number of aliphatic hydroxyl groups excluding tert-OH is 1. The number of piperidine rings is 1. The van der Waals surface area contributed by atoms with Gasteiger partial charge in [-0.3, -0.25) is 4.98 Å². The van der Waals surface area contributed by atoms with Crippen molar-refractivity contribution in [2.75, 3.05) is 18.0 Å². The van der Waals surface area contributed by atoms with Gasteiger partial charge in [0.2, 0.25) is 0 Å². The number of pyridine rings is 1. The zero-order valence-corrected chi connectivity index (χ0v) is 10.8. The third-order valence-corrected chi connectivity index (χ3v) is 3.76. The quantitative estimate of drug-likeness (QED) is 0.871. The molecule has 17 heavy (non-hydrogen) atoms. The Hall–Kier alpha value is -1.09. The van der Waals surface area contributed by atoms with Crippen molar-refractivity contribution < 1.29 is 5.11 Å². The molecule has 1 N–H and O–H groups in total. The van der Waals surface area contributed by atoms with Gasteiger partial charge in [0, 0.05) is 18.8 Å². The molecule has 2 heterocycles. The van der Waals surface area contributed by atoms with Crippen LogP contribution in [0.15, 0.2) is 18.3 Å². The SMILES string of the molecule is CCc1ccc(N2CCC([C@H](C)O)CC2)cn1. The Kier molecular flexibility index (Phi) is 4.00. The molecule has 3 heteroatoms. The van der Waals surface area contributed by atoms with Crippen LogP contribution in [0.1, 0.15) is 32.4 Å². The summed E-state index contributed by atoms with van der Waals surface area (Å²) in [6.07, 6.45) is 4.95. The van der Waals surface area contributed by atoms with Crippen LogP contribution in [-0.4, -0.2) is 29.3 Å². The van der Waals surface area contributed by atoms with Gasteiger partial charge < -0.3 is 10.0 Å². The molecule has 0 bridgehead atoms. The van der Waals surface area contributed by atoms with Crippen LogP contribution in [0.4, 0.5) is 5.69 Å². The number of aromatic nitrogens is 1. The molecule has 0 spiro atoms. The first-order chi connectivity index (χ1) is 8.20. The van der Waals surface area contributed by atoms with Gasteiger partial charge in [-0.15, -0.1) is 0 Å². The number of anilines is 1. The molecular weight excluding hydrogens is 212 g/mol. The second-order valence-electron chi connectivity index (χ2n) is 4.93. The fourth-order valence-electron chi connectivity index (χ4n) is 2.45. The van der Waals surface area contributed by atoms with Crippen LogP contribution >= 0.6 is 0 Å². The molecule has 0 saturated carbocycles. The number of hydrogen-bond acceptors (Lipinski definition) is 3. The number of nitrogens with zero attached hydrogens (tertiary/aromatic N) is 2. The van der Waals surface area contributed by atoms with Crippen molar-refractivity contribution >= 4 is 5.69 Å². The molecule has 2 rings (SSSR count). The highest BCUT2D eigenvalue weighted by atomic mass is 16.3. The maximum absolute atomic E-state index is 9.57. The first-order valence-corrected chi connectivity index (χ1v) is 6.58. The van der Waals surface area contributed by atoms with Crippen molar-refractivity contribution in [2.24, 2.45) is 5.92 Å².